The third kappa shape index (κ3) is 8.26. The van der Waals surface area contributed by atoms with Crippen LogP contribution in [0.4, 0.5) is 4.39 Å². The zero-order valence-corrected chi connectivity index (χ0v) is 17.9. The molecule has 1 atom stereocenters. The van der Waals surface area contributed by atoms with Crippen LogP contribution in [0, 0.1) is 5.82 Å². The molecule has 0 saturated carbocycles. The summed E-state index contributed by atoms with van der Waals surface area (Å²) in [6, 6.07) is 10.7. The van der Waals surface area contributed by atoms with Gasteiger partial charge in [0.25, 0.3) is 0 Å². The fraction of sp³-hybridized carbons (Fsp3) is 0.522. The summed E-state index contributed by atoms with van der Waals surface area (Å²) in [4.78, 5) is 13.7. The van der Waals surface area contributed by atoms with E-state index in [1.807, 2.05) is 35.9 Å². The molecule has 0 fully saturated rings. The van der Waals surface area contributed by atoms with Crippen LogP contribution in [0.25, 0.3) is 0 Å². The molecule has 0 bridgehead atoms. The summed E-state index contributed by atoms with van der Waals surface area (Å²) in [6.45, 7) is 4.63. The third-order valence-electron chi connectivity index (χ3n) is 4.79. The molecule has 0 aliphatic rings. The lowest BCUT2D eigenvalue weighted by Gasteiger charge is -2.25. The quantitative estimate of drug-likeness (QED) is 0.376. The summed E-state index contributed by atoms with van der Waals surface area (Å²) in [6.07, 6.45) is 3.04. The summed E-state index contributed by atoms with van der Waals surface area (Å²) >= 11 is 0. The topological polar surface area (TPSA) is 63.9 Å². The van der Waals surface area contributed by atoms with E-state index < -0.39 is 6.10 Å². The first-order chi connectivity index (χ1) is 14.5. The van der Waals surface area contributed by atoms with Gasteiger partial charge in [-0.05, 0) is 31.0 Å². The van der Waals surface area contributed by atoms with Gasteiger partial charge < -0.3 is 19.1 Å². The molecule has 0 spiro atoms. The highest BCUT2D eigenvalue weighted by atomic mass is 19.1. The van der Waals surface area contributed by atoms with Crippen molar-refractivity contribution in [1.82, 2.24) is 9.47 Å². The molecule has 30 heavy (non-hydrogen) atoms. The standard InChI is InChI=1S/C23H33FN2O4/c1-3-8-23(28)30-18-21(27)17-25(12-7-14-29-2)16-20-10-6-13-26(20)15-19-9-4-5-11-22(19)24/h4-6,9-11,13,21,27H,3,7-8,12,14-18H2,1-2H3/t21-/m1/s1. The molecule has 0 unspecified atom stereocenters. The lowest BCUT2D eigenvalue weighted by atomic mass is 10.2. The SMILES string of the molecule is CCCC(=O)OC[C@H](O)CN(CCCOC)Cc1cccn1Cc1ccccc1F. The van der Waals surface area contributed by atoms with Gasteiger partial charge >= 0.3 is 5.97 Å². The van der Waals surface area contributed by atoms with Crippen molar-refractivity contribution in [2.45, 2.75) is 45.4 Å². The van der Waals surface area contributed by atoms with Crippen LogP contribution in [0.5, 0.6) is 0 Å². The van der Waals surface area contributed by atoms with Gasteiger partial charge in [-0.1, -0.05) is 25.1 Å². The molecule has 0 amide bonds. The molecular formula is C23H33FN2O4. The van der Waals surface area contributed by atoms with Crippen molar-refractivity contribution in [3.05, 3.63) is 59.7 Å². The Kier molecular flexibility index (Phi) is 10.5. The van der Waals surface area contributed by atoms with Crippen LogP contribution >= 0.6 is 0 Å². The first kappa shape index (κ1) is 24.1. The Balaban J connectivity index is 1.99. The Hall–Kier alpha value is -2.22. The van der Waals surface area contributed by atoms with Crippen LogP contribution in [0.3, 0.4) is 0 Å². The number of aliphatic hydroxyl groups excluding tert-OH is 1. The number of carbonyl (C=O) groups excluding carboxylic acids is 1. The Morgan fingerprint density at radius 1 is 1.27 bits per heavy atom. The number of hydrogen-bond acceptors (Lipinski definition) is 5. The summed E-state index contributed by atoms with van der Waals surface area (Å²) in [5.74, 6) is -0.514. The number of nitrogens with zero attached hydrogens (tertiary/aromatic N) is 2. The second-order valence-electron chi connectivity index (χ2n) is 7.39. The van der Waals surface area contributed by atoms with Crippen LogP contribution in [0.2, 0.25) is 0 Å². The fourth-order valence-corrected chi connectivity index (χ4v) is 3.27. The van der Waals surface area contributed by atoms with Crippen LogP contribution in [-0.2, 0) is 27.4 Å². The Morgan fingerprint density at radius 3 is 2.80 bits per heavy atom. The minimum Gasteiger partial charge on any atom is -0.463 e. The second kappa shape index (κ2) is 13.2. The molecule has 0 saturated heterocycles. The predicted octanol–water partition coefficient (Wildman–Crippen LogP) is 3.22. The molecule has 1 N–H and O–H groups in total. The van der Waals surface area contributed by atoms with E-state index in [-0.39, 0.29) is 18.4 Å². The number of methoxy groups -OCH3 is 1. The smallest absolute Gasteiger partial charge is 0.305 e. The van der Waals surface area contributed by atoms with Gasteiger partial charge in [-0.2, -0.15) is 0 Å². The van der Waals surface area contributed by atoms with E-state index in [4.69, 9.17) is 9.47 Å². The summed E-state index contributed by atoms with van der Waals surface area (Å²) in [5, 5.41) is 10.4. The predicted molar refractivity (Wildman–Crippen MR) is 114 cm³/mol. The van der Waals surface area contributed by atoms with E-state index in [0.29, 0.717) is 38.2 Å². The maximum Gasteiger partial charge on any atom is 0.305 e. The van der Waals surface area contributed by atoms with Crippen molar-refractivity contribution in [1.29, 1.82) is 0 Å². The van der Waals surface area contributed by atoms with E-state index >= 15 is 0 Å². The number of esters is 1. The normalized spacial score (nSPS) is 12.3. The van der Waals surface area contributed by atoms with Gasteiger partial charge in [0.1, 0.15) is 18.5 Å². The molecule has 1 aromatic carbocycles. The molecule has 2 aromatic rings. The molecule has 0 aliphatic heterocycles. The van der Waals surface area contributed by atoms with Crippen molar-refractivity contribution in [2.24, 2.45) is 0 Å². The molecule has 0 aliphatic carbocycles. The van der Waals surface area contributed by atoms with Crippen LogP contribution in [-0.4, -0.2) is 60.1 Å². The minimum absolute atomic E-state index is 0.0180. The number of halogens is 1. The van der Waals surface area contributed by atoms with Gasteiger partial charge in [0.15, 0.2) is 0 Å². The largest absolute Gasteiger partial charge is 0.463 e. The number of aliphatic hydroxyl groups is 1. The lowest BCUT2D eigenvalue weighted by molar-refractivity contribution is -0.147. The van der Waals surface area contributed by atoms with Gasteiger partial charge in [0.2, 0.25) is 0 Å². The highest BCUT2D eigenvalue weighted by Crippen LogP contribution is 2.14. The van der Waals surface area contributed by atoms with E-state index in [9.17, 15) is 14.3 Å². The van der Waals surface area contributed by atoms with E-state index in [1.165, 1.54) is 6.07 Å². The number of hydrogen-bond donors (Lipinski definition) is 1. The monoisotopic (exact) mass is 420 g/mol. The number of benzene rings is 1. The Bertz CT molecular complexity index is 765. The highest BCUT2D eigenvalue weighted by Gasteiger charge is 2.16. The molecule has 6 nitrogen and oxygen atoms in total. The summed E-state index contributed by atoms with van der Waals surface area (Å²) in [7, 11) is 1.66. The molecule has 2 rings (SSSR count). The Morgan fingerprint density at radius 2 is 2.07 bits per heavy atom. The third-order valence-corrected chi connectivity index (χ3v) is 4.79. The maximum absolute atomic E-state index is 14.0. The van der Waals surface area contributed by atoms with Gasteiger partial charge in [-0.3, -0.25) is 9.69 Å². The summed E-state index contributed by atoms with van der Waals surface area (Å²) < 4.78 is 26.3. The molecule has 7 heteroatoms. The van der Waals surface area contributed by atoms with Gasteiger partial charge in [0, 0.05) is 57.2 Å². The zero-order valence-electron chi connectivity index (χ0n) is 17.9. The second-order valence-corrected chi connectivity index (χ2v) is 7.39. The van der Waals surface area contributed by atoms with Crippen LogP contribution in [0.1, 0.15) is 37.4 Å². The maximum atomic E-state index is 14.0. The van der Waals surface area contributed by atoms with Crippen molar-refractivity contribution < 1.29 is 23.8 Å². The van der Waals surface area contributed by atoms with Crippen LogP contribution < -0.4 is 0 Å². The zero-order chi connectivity index (χ0) is 21.8. The van der Waals surface area contributed by atoms with E-state index in [2.05, 4.69) is 4.90 Å². The number of ether oxygens (including phenoxy) is 2. The van der Waals surface area contributed by atoms with Gasteiger partial charge in [-0.25, -0.2) is 4.39 Å². The first-order valence-electron chi connectivity index (χ1n) is 10.5. The lowest BCUT2D eigenvalue weighted by Crippen LogP contribution is -2.36. The molecule has 0 radical (unpaired) electrons. The van der Waals surface area contributed by atoms with E-state index in [0.717, 1.165) is 25.1 Å². The summed E-state index contributed by atoms with van der Waals surface area (Å²) in [5.41, 5.74) is 1.65. The van der Waals surface area contributed by atoms with Crippen molar-refractivity contribution >= 4 is 5.97 Å². The molecule has 1 aromatic heterocycles. The van der Waals surface area contributed by atoms with E-state index in [1.54, 1.807) is 19.2 Å². The van der Waals surface area contributed by atoms with Crippen molar-refractivity contribution in [2.75, 3.05) is 33.4 Å². The number of aromatic nitrogens is 1. The highest BCUT2D eigenvalue weighted by molar-refractivity contribution is 5.69. The number of carbonyl (C=O) groups is 1. The molecular weight excluding hydrogens is 387 g/mol. The average Bonchev–Trinajstić information content (AvgIpc) is 3.15. The number of rotatable bonds is 14. The van der Waals surface area contributed by atoms with Crippen molar-refractivity contribution in [3.8, 4) is 0 Å². The van der Waals surface area contributed by atoms with Gasteiger partial charge in [0.05, 0.1) is 6.54 Å². The van der Waals surface area contributed by atoms with Gasteiger partial charge in [-0.15, -0.1) is 0 Å². The molecule has 166 valence electrons. The first-order valence-corrected chi connectivity index (χ1v) is 10.5. The average molecular weight is 421 g/mol. The van der Waals surface area contributed by atoms with Crippen LogP contribution in [0.15, 0.2) is 42.6 Å². The minimum atomic E-state index is -0.775. The Labute approximate surface area is 178 Å². The fourth-order valence-electron chi connectivity index (χ4n) is 3.27. The molecule has 1 heterocycles. The van der Waals surface area contributed by atoms with Crippen molar-refractivity contribution in [3.63, 3.8) is 0 Å².